The molecule has 2 aromatic heterocycles. The zero-order valence-electron chi connectivity index (χ0n) is 7.39. The molecule has 5 nitrogen and oxygen atoms in total. The second-order valence-corrected chi connectivity index (χ2v) is 2.68. The second-order valence-electron chi connectivity index (χ2n) is 2.68. The number of aromatic nitrogens is 3. The smallest absolute Gasteiger partial charge is 0.349 e. The van der Waals surface area contributed by atoms with Crippen molar-refractivity contribution in [2.24, 2.45) is 7.05 Å². The molecule has 0 radical (unpaired) electrons. The first-order valence-electron chi connectivity index (χ1n) is 3.82. The van der Waals surface area contributed by atoms with Crippen LogP contribution >= 0.6 is 0 Å². The lowest BCUT2D eigenvalue weighted by Crippen LogP contribution is -2.26. The highest BCUT2D eigenvalue weighted by molar-refractivity contribution is 5.55. The summed E-state index contributed by atoms with van der Waals surface area (Å²) in [7, 11) is 3.12. The van der Waals surface area contributed by atoms with Crippen LogP contribution in [0.15, 0.2) is 23.1 Å². The summed E-state index contributed by atoms with van der Waals surface area (Å²) in [6.45, 7) is 0. The van der Waals surface area contributed by atoms with Crippen molar-refractivity contribution in [1.29, 1.82) is 0 Å². The van der Waals surface area contributed by atoms with Crippen LogP contribution in [0.5, 0.6) is 5.88 Å². The lowest BCUT2D eigenvalue weighted by molar-refractivity contribution is 0.382. The monoisotopic (exact) mass is 179 g/mol. The molecule has 0 aliphatic heterocycles. The maximum absolute atomic E-state index is 11.5. The third kappa shape index (κ3) is 1.00. The van der Waals surface area contributed by atoms with E-state index in [1.165, 1.54) is 16.2 Å². The van der Waals surface area contributed by atoms with Gasteiger partial charge in [-0.25, -0.2) is 9.48 Å². The van der Waals surface area contributed by atoms with Gasteiger partial charge in [0.15, 0.2) is 0 Å². The van der Waals surface area contributed by atoms with E-state index in [4.69, 9.17) is 4.74 Å². The molecule has 5 heteroatoms. The van der Waals surface area contributed by atoms with Gasteiger partial charge in [0.05, 0.1) is 7.11 Å². The minimum absolute atomic E-state index is 0.180. The highest BCUT2D eigenvalue weighted by Gasteiger charge is 2.06. The molecule has 0 N–H and O–H groups in total. The molecule has 0 saturated heterocycles. The second kappa shape index (κ2) is 2.62. The Balaban J connectivity index is 2.95. The van der Waals surface area contributed by atoms with Gasteiger partial charge in [-0.1, -0.05) is 0 Å². The molecule has 68 valence electrons. The summed E-state index contributed by atoms with van der Waals surface area (Å²) < 4.78 is 7.76. The number of aryl methyl sites for hydroxylation is 1. The Bertz CT molecular complexity index is 498. The van der Waals surface area contributed by atoms with Crippen LogP contribution in [0.1, 0.15) is 0 Å². The van der Waals surface area contributed by atoms with Gasteiger partial charge < -0.3 is 4.74 Å². The zero-order valence-corrected chi connectivity index (χ0v) is 7.39. The Hall–Kier alpha value is -1.78. The minimum Gasteiger partial charge on any atom is -0.478 e. The Morgan fingerprint density at radius 3 is 3.00 bits per heavy atom. The summed E-state index contributed by atoms with van der Waals surface area (Å²) in [4.78, 5) is 11.5. The molecule has 2 heterocycles. The fraction of sp³-hybridized carbons (Fsp3) is 0.250. The molecule has 2 rings (SSSR count). The summed E-state index contributed by atoms with van der Waals surface area (Å²) in [5, 5.41) is 3.95. The minimum atomic E-state index is -0.180. The molecule has 0 spiro atoms. The molecule has 0 unspecified atom stereocenters. The van der Waals surface area contributed by atoms with E-state index in [0.29, 0.717) is 11.4 Å². The maximum atomic E-state index is 11.5. The van der Waals surface area contributed by atoms with E-state index in [1.807, 2.05) is 0 Å². The van der Waals surface area contributed by atoms with E-state index in [-0.39, 0.29) is 5.69 Å². The quantitative estimate of drug-likeness (QED) is 0.621. The highest BCUT2D eigenvalue weighted by Crippen LogP contribution is 2.12. The summed E-state index contributed by atoms with van der Waals surface area (Å²) in [5.41, 5.74) is 0.506. The van der Waals surface area contributed by atoms with E-state index in [2.05, 4.69) is 5.10 Å². The number of nitrogens with zero attached hydrogens (tertiary/aromatic N) is 3. The molecule has 0 atom stereocenters. The summed E-state index contributed by atoms with van der Waals surface area (Å²) in [6, 6.07) is 3.56. The van der Waals surface area contributed by atoms with Gasteiger partial charge in [-0.05, 0) is 12.1 Å². The first-order chi connectivity index (χ1) is 6.24. The van der Waals surface area contributed by atoms with Crippen molar-refractivity contribution in [3.63, 3.8) is 0 Å². The molecule has 2 aromatic rings. The molecular weight excluding hydrogens is 170 g/mol. The Morgan fingerprint density at radius 2 is 2.31 bits per heavy atom. The predicted octanol–water partition coefficient (Wildman–Crippen LogP) is 0.0416. The van der Waals surface area contributed by atoms with Crippen molar-refractivity contribution in [2.45, 2.75) is 0 Å². The van der Waals surface area contributed by atoms with Crippen molar-refractivity contribution in [3.05, 3.63) is 28.8 Å². The third-order valence-electron chi connectivity index (χ3n) is 1.88. The third-order valence-corrected chi connectivity index (χ3v) is 1.88. The van der Waals surface area contributed by atoms with Gasteiger partial charge in [-0.2, -0.15) is 0 Å². The molecule has 0 saturated carbocycles. The van der Waals surface area contributed by atoms with E-state index >= 15 is 0 Å². The van der Waals surface area contributed by atoms with Crippen LogP contribution in [-0.4, -0.2) is 21.3 Å². The van der Waals surface area contributed by atoms with E-state index in [1.54, 1.807) is 25.4 Å². The molecule has 0 amide bonds. The van der Waals surface area contributed by atoms with Crippen molar-refractivity contribution >= 4 is 5.52 Å². The highest BCUT2D eigenvalue weighted by atomic mass is 16.5. The topological polar surface area (TPSA) is 48.5 Å². The summed E-state index contributed by atoms with van der Waals surface area (Å²) in [6.07, 6.45) is 1.68. The largest absolute Gasteiger partial charge is 0.478 e. The number of ether oxygens (including phenoxy) is 1. The Labute approximate surface area is 74.2 Å². The van der Waals surface area contributed by atoms with Gasteiger partial charge in [0.2, 0.25) is 0 Å². The lowest BCUT2D eigenvalue weighted by atomic mass is 10.5. The molecule has 0 aliphatic rings. The van der Waals surface area contributed by atoms with Crippen molar-refractivity contribution < 1.29 is 4.74 Å². The predicted molar refractivity (Wildman–Crippen MR) is 47.0 cm³/mol. The number of rotatable bonds is 1. The summed E-state index contributed by atoms with van der Waals surface area (Å²) in [5.74, 6) is 0.451. The number of hydrogen-bond acceptors (Lipinski definition) is 3. The van der Waals surface area contributed by atoms with Gasteiger partial charge in [-0.15, -0.1) is 5.10 Å². The average molecular weight is 179 g/mol. The fourth-order valence-electron chi connectivity index (χ4n) is 1.25. The molecule has 0 aliphatic carbocycles. The first-order valence-corrected chi connectivity index (χ1v) is 3.82. The Morgan fingerprint density at radius 1 is 1.54 bits per heavy atom. The lowest BCUT2D eigenvalue weighted by Gasteiger charge is -2.03. The van der Waals surface area contributed by atoms with Gasteiger partial charge >= 0.3 is 5.69 Å². The number of hydrogen-bond donors (Lipinski definition) is 0. The molecule has 13 heavy (non-hydrogen) atoms. The van der Waals surface area contributed by atoms with Crippen molar-refractivity contribution in [1.82, 2.24) is 14.2 Å². The SMILES string of the molecule is COc1nn(C)c(=O)n2cccc12. The van der Waals surface area contributed by atoms with Crippen LogP contribution in [0.25, 0.3) is 5.52 Å². The van der Waals surface area contributed by atoms with Crippen molar-refractivity contribution in [2.75, 3.05) is 7.11 Å². The fourth-order valence-corrected chi connectivity index (χ4v) is 1.25. The standard InChI is InChI=1S/C8H9N3O2/c1-10-8(12)11-5-3-4-6(11)7(9-10)13-2/h3-5H,1-2H3. The van der Waals surface area contributed by atoms with E-state index in [0.717, 1.165) is 0 Å². The molecule has 0 fully saturated rings. The van der Waals surface area contributed by atoms with Gasteiger partial charge in [-0.3, -0.25) is 4.40 Å². The van der Waals surface area contributed by atoms with Crippen LogP contribution in [0.4, 0.5) is 0 Å². The first kappa shape index (κ1) is 7.85. The van der Waals surface area contributed by atoms with Crippen LogP contribution in [-0.2, 0) is 7.05 Å². The van der Waals surface area contributed by atoms with E-state index < -0.39 is 0 Å². The van der Waals surface area contributed by atoms with Gasteiger partial charge in [0, 0.05) is 13.2 Å². The normalized spacial score (nSPS) is 10.6. The molecule has 0 aromatic carbocycles. The van der Waals surface area contributed by atoms with Crippen LogP contribution in [0.2, 0.25) is 0 Å². The average Bonchev–Trinajstić information content (AvgIpc) is 2.60. The van der Waals surface area contributed by atoms with Gasteiger partial charge in [0.1, 0.15) is 5.52 Å². The number of fused-ring (bicyclic) bond motifs is 1. The zero-order chi connectivity index (χ0) is 9.42. The van der Waals surface area contributed by atoms with Crippen molar-refractivity contribution in [3.8, 4) is 5.88 Å². The summed E-state index contributed by atoms with van der Waals surface area (Å²) >= 11 is 0. The number of methoxy groups -OCH3 is 1. The van der Waals surface area contributed by atoms with Crippen LogP contribution in [0, 0.1) is 0 Å². The van der Waals surface area contributed by atoms with Crippen LogP contribution < -0.4 is 10.4 Å². The Kier molecular flexibility index (Phi) is 1.58. The van der Waals surface area contributed by atoms with E-state index in [9.17, 15) is 4.79 Å². The van der Waals surface area contributed by atoms with Crippen LogP contribution in [0.3, 0.4) is 0 Å². The molecular formula is C8H9N3O2. The molecule has 0 bridgehead atoms. The van der Waals surface area contributed by atoms with Gasteiger partial charge in [0.25, 0.3) is 5.88 Å². The maximum Gasteiger partial charge on any atom is 0.349 e.